The van der Waals surface area contributed by atoms with Crippen LogP contribution in [0.4, 0.5) is 5.69 Å². The number of rotatable bonds is 6. The number of thioether (sulfide) groups is 1. The maximum Gasteiger partial charge on any atom is 0.244 e. The van der Waals surface area contributed by atoms with Gasteiger partial charge in [-0.05, 0) is 18.7 Å². The van der Waals surface area contributed by atoms with Crippen LogP contribution in [-0.2, 0) is 10.0 Å². The van der Waals surface area contributed by atoms with Crippen LogP contribution >= 0.6 is 11.8 Å². The number of nitrogen functional groups attached to an aromatic ring is 1. The Morgan fingerprint density at radius 2 is 2.29 bits per heavy atom. The second-order valence-electron chi connectivity index (χ2n) is 3.60. The number of aromatic nitrogens is 1. The predicted molar refractivity (Wildman–Crippen MR) is 71.4 cm³/mol. The Morgan fingerprint density at radius 1 is 1.59 bits per heavy atom. The third-order valence-corrected chi connectivity index (χ3v) is 4.81. The molecule has 1 atom stereocenters. The quantitative estimate of drug-likeness (QED) is 0.811. The summed E-state index contributed by atoms with van der Waals surface area (Å²) in [6, 6.07) is 1.34. The Balaban J connectivity index is 2.79. The fourth-order valence-corrected chi connectivity index (χ4v) is 3.37. The van der Waals surface area contributed by atoms with Gasteiger partial charge in [0.1, 0.15) is 4.90 Å². The summed E-state index contributed by atoms with van der Waals surface area (Å²) in [6.45, 7) is 3.86. The van der Waals surface area contributed by atoms with E-state index in [0.717, 1.165) is 11.5 Å². The zero-order valence-corrected chi connectivity index (χ0v) is 11.5. The van der Waals surface area contributed by atoms with Gasteiger partial charge in [0.15, 0.2) is 0 Å². The fraction of sp³-hybridized carbons (Fsp3) is 0.500. The van der Waals surface area contributed by atoms with Gasteiger partial charge in [-0.2, -0.15) is 11.8 Å². The van der Waals surface area contributed by atoms with E-state index < -0.39 is 10.0 Å². The van der Waals surface area contributed by atoms with Crippen LogP contribution in [0.2, 0.25) is 0 Å². The van der Waals surface area contributed by atoms with Crippen molar-refractivity contribution in [2.24, 2.45) is 0 Å². The normalized spacial score (nSPS) is 13.5. The maximum absolute atomic E-state index is 12.0. The van der Waals surface area contributed by atoms with Gasteiger partial charge in [-0.1, -0.05) is 6.92 Å². The largest absolute Gasteiger partial charge is 0.398 e. The molecule has 0 aliphatic heterocycles. The Bertz CT molecular complexity index is 462. The van der Waals surface area contributed by atoms with Crippen molar-refractivity contribution in [2.45, 2.75) is 24.8 Å². The van der Waals surface area contributed by atoms with E-state index >= 15 is 0 Å². The second kappa shape index (κ2) is 6.23. The molecule has 0 radical (unpaired) electrons. The van der Waals surface area contributed by atoms with Gasteiger partial charge in [-0.25, -0.2) is 13.1 Å². The van der Waals surface area contributed by atoms with Gasteiger partial charge in [0.2, 0.25) is 10.0 Å². The molecule has 0 aromatic carbocycles. The first kappa shape index (κ1) is 14.3. The molecule has 17 heavy (non-hydrogen) atoms. The van der Waals surface area contributed by atoms with Crippen molar-refractivity contribution in [1.82, 2.24) is 9.71 Å². The van der Waals surface area contributed by atoms with E-state index in [1.165, 1.54) is 18.5 Å². The zero-order valence-electron chi connectivity index (χ0n) is 9.88. The van der Waals surface area contributed by atoms with E-state index in [1.807, 2.05) is 13.8 Å². The lowest BCUT2D eigenvalue weighted by Crippen LogP contribution is -2.34. The Morgan fingerprint density at radius 3 is 2.88 bits per heavy atom. The van der Waals surface area contributed by atoms with Gasteiger partial charge < -0.3 is 5.73 Å². The molecule has 3 N–H and O–H groups in total. The monoisotopic (exact) mass is 275 g/mol. The van der Waals surface area contributed by atoms with Gasteiger partial charge >= 0.3 is 0 Å². The molecule has 1 aromatic rings. The van der Waals surface area contributed by atoms with E-state index in [0.29, 0.717) is 0 Å². The number of anilines is 1. The highest BCUT2D eigenvalue weighted by Crippen LogP contribution is 2.16. The van der Waals surface area contributed by atoms with Crippen molar-refractivity contribution >= 4 is 27.5 Å². The van der Waals surface area contributed by atoms with Crippen molar-refractivity contribution in [1.29, 1.82) is 0 Å². The molecule has 96 valence electrons. The molecule has 5 nitrogen and oxygen atoms in total. The highest BCUT2D eigenvalue weighted by Gasteiger charge is 2.19. The number of hydrogen-bond acceptors (Lipinski definition) is 5. The first-order chi connectivity index (χ1) is 7.97. The molecular formula is C10H17N3O2S2. The predicted octanol–water partition coefficient (Wildman–Crippen LogP) is 1.08. The van der Waals surface area contributed by atoms with E-state index in [9.17, 15) is 8.42 Å². The summed E-state index contributed by atoms with van der Waals surface area (Å²) in [4.78, 5) is 3.81. The van der Waals surface area contributed by atoms with Crippen LogP contribution < -0.4 is 10.5 Å². The minimum absolute atomic E-state index is 0.0355. The molecule has 0 amide bonds. The highest BCUT2D eigenvalue weighted by molar-refractivity contribution is 7.99. The van der Waals surface area contributed by atoms with Gasteiger partial charge in [0, 0.05) is 24.2 Å². The van der Waals surface area contributed by atoms with Crippen molar-refractivity contribution in [3.63, 3.8) is 0 Å². The van der Waals surface area contributed by atoms with Gasteiger partial charge in [0.25, 0.3) is 0 Å². The molecular weight excluding hydrogens is 258 g/mol. The lowest BCUT2D eigenvalue weighted by molar-refractivity contribution is 0.571. The van der Waals surface area contributed by atoms with Crippen molar-refractivity contribution in [3.8, 4) is 0 Å². The summed E-state index contributed by atoms with van der Waals surface area (Å²) in [5.41, 5.74) is 5.83. The average Bonchev–Trinajstić information content (AvgIpc) is 2.26. The molecule has 0 bridgehead atoms. The van der Waals surface area contributed by atoms with Crippen LogP contribution in [0, 0.1) is 0 Å². The molecule has 1 heterocycles. The van der Waals surface area contributed by atoms with Crippen molar-refractivity contribution in [2.75, 3.05) is 17.2 Å². The summed E-state index contributed by atoms with van der Waals surface area (Å²) in [5.74, 6) is 1.69. The first-order valence-corrected chi connectivity index (χ1v) is 7.90. The van der Waals surface area contributed by atoms with E-state index in [-0.39, 0.29) is 16.6 Å². The summed E-state index contributed by atoms with van der Waals surface area (Å²) in [5, 5.41) is 0. The number of pyridine rings is 1. The Kier molecular flexibility index (Phi) is 5.23. The van der Waals surface area contributed by atoms with Crippen LogP contribution in [0.15, 0.2) is 23.4 Å². The minimum Gasteiger partial charge on any atom is -0.398 e. The fourth-order valence-electron chi connectivity index (χ4n) is 1.27. The number of hydrogen-bond donors (Lipinski definition) is 2. The molecule has 1 rings (SSSR count). The lowest BCUT2D eigenvalue weighted by Gasteiger charge is -2.14. The highest BCUT2D eigenvalue weighted by atomic mass is 32.2. The van der Waals surface area contributed by atoms with Crippen molar-refractivity contribution in [3.05, 3.63) is 18.5 Å². The number of nitrogens with two attached hydrogens (primary N) is 1. The molecule has 0 saturated carbocycles. The molecule has 7 heteroatoms. The number of sulfonamides is 1. The van der Waals surface area contributed by atoms with E-state index in [1.54, 1.807) is 11.8 Å². The van der Waals surface area contributed by atoms with Gasteiger partial charge in [-0.15, -0.1) is 0 Å². The number of nitrogens with one attached hydrogen (secondary N) is 1. The standard InChI is InChI=1S/C10H17N3O2S2/c1-3-16-7-8(2)13-17(14,15)10-6-12-5-4-9(10)11/h4-6,8,13H,3,7H2,1-2H3,(H2,11,12). The number of nitrogens with zero attached hydrogens (tertiary/aromatic N) is 1. The molecule has 0 aliphatic rings. The maximum atomic E-state index is 12.0. The Labute approximate surface area is 106 Å². The van der Waals surface area contributed by atoms with E-state index in [2.05, 4.69) is 9.71 Å². The topological polar surface area (TPSA) is 85.1 Å². The van der Waals surface area contributed by atoms with Crippen LogP contribution in [0.3, 0.4) is 0 Å². The minimum atomic E-state index is -3.57. The lowest BCUT2D eigenvalue weighted by atomic mass is 10.4. The SMILES string of the molecule is CCSCC(C)NS(=O)(=O)c1cnccc1N. The molecule has 1 unspecified atom stereocenters. The van der Waals surface area contributed by atoms with Crippen LogP contribution in [-0.4, -0.2) is 30.9 Å². The molecule has 0 spiro atoms. The van der Waals surface area contributed by atoms with Crippen LogP contribution in [0.5, 0.6) is 0 Å². The Hall–Kier alpha value is -0.790. The van der Waals surface area contributed by atoms with Crippen LogP contribution in [0.1, 0.15) is 13.8 Å². The van der Waals surface area contributed by atoms with Gasteiger partial charge in [-0.3, -0.25) is 4.98 Å². The molecule has 0 saturated heterocycles. The smallest absolute Gasteiger partial charge is 0.244 e. The zero-order chi connectivity index (χ0) is 12.9. The molecule has 1 aromatic heterocycles. The van der Waals surface area contributed by atoms with Crippen LogP contribution in [0.25, 0.3) is 0 Å². The summed E-state index contributed by atoms with van der Waals surface area (Å²) < 4.78 is 26.6. The average molecular weight is 275 g/mol. The molecule has 0 aliphatic carbocycles. The second-order valence-corrected chi connectivity index (χ2v) is 6.60. The summed E-state index contributed by atoms with van der Waals surface area (Å²) in [6.07, 6.45) is 2.72. The third-order valence-electron chi connectivity index (χ3n) is 2.03. The summed E-state index contributed by atoms with van der Waals surface area (Å²) in [7, 11) is -3.57. The first-order valence-electron chi connectivity index (χ1n) is 5.27. The van der Waals surface area contributed by atoms with Gasteiger partial charge in [0.05, 0.1) is 5.69 Å². The molecule has 0 fully saturated rings. The summed E-state index contributed by atoms with van der Waals surface area (Å²) >= 11 is 1.68. The third kappa shape index (κ3) is 4.18. The van der Waals surface area contributed by atoms with Crippen molar-refractivity contribution < 1.29 is 8.42 Å². The van der Waals surface area contributed by atoms with E-state index in [4.69, 9.17) is 5.73 Å².